The van der Waals surface area contributed by atoms with Crippen LogP contribution in [-0.4, -0.2) is 14.9 Å². The molecular weight excluding hydrogens is 438 g/mol. The second kappa shape index (κ2) is 7.84. The van der Waals surface area contributed by atoms with Gasteiger partial charge in [-0.15, -0.1) is 0 Å². The number of para-hydroxylation sites is 2. The molecule has 0 fully saturated rings. The van der Waals surface area contributed by atoms with Crippen LogP contribution in [0, 0.1) is 10.1 Å². The average molecular weight is 452 g/mol. The van der Waals surface area contributed by atoms with Crippen LogP contribution >= 0.6 is 15.9 Å². The topological polar surface area (TPSA) is 98.1 Å². The molecule has 0 amide bonds. The number of rotatable bonds is 5. The minimum Gasteiger partial charge on any atom is -0.488 e. The highest BCUT2D eigenvalue weighted by Crippen LogP contribution is 2.32. The summed E-state index contributed by atoms with van der Waals surface area (Å²) in [5.41, 5.74) is 1.32. The minimum absolute atomic E-state index is 0.00357. The lowest BCUT2D eigenvalue weighted by Gasteiger charge is -2.12. The Labute approximate surface area is 173 Å². The Balaban J connectivity index is 1.74. The van der Waals surface area contributed by atoms with Gasteiger partial charge in [0.1, 0.15) is 18.2 Å². The predicted molar refractivity (Wildman–Crippen MR) is 113 cm³/mol. The molecule has 0 spiro atoms. The van der Waals surface area contributed by atoms with Crippen LogP contribution in [0.15, 0.2) is 76.0 Å². The van der Waals surface area contributed by atoms with Gasteiger partial charge in [0.15, 0.2) is 0 Å². The number of hydrogen-bond donors (Lipinski definition) is 1. The summed E-state index contributed by atoms with van der Waals surface area (Å²) in [6.45, 7) is 0.00357. The second-order valence-electron chi connectivity index (χ2n) is 6.25. The number of ether oxygens (including phenoxy) is 1. The standard InChI is InChI=1S/C21H14BrN3O4/c22-14-9-10-19(29-12-13-5-1-4-8-18(13)25(27)28)16(11-14)20-23-17-7-3-2-6-15(17)21(26)24-20/h1-11H,12H2,(H,23,24,26). The van der Waals surface area contributed by atoms with Crippen LogP contribution in [0.5, 0.6) is 5.75 Å². The number of H-pyrrole nitrogens is 1. The molecule has 1 heterocycles. The molecule has 3 aromatic carbocycles. The fraction of sp³-hybridized carbons (Fsp3) is 0.0476. The van der Waals surface area contributed by atoms with Gasteiger partial charge in [-0.2, -0.15) is 0 Å². The monoisotopic (exact) mass is 451 g/mol. The highest BCUT2D eigenvalue weighted by atomic mass is 79.9. The summed E-state index contributed by atoms with van der Waals surface area (Å²) >= 11 is 3.42. The van der Waals surface area contributed by atoms with Crippen LogP contribution < -0.4 is 10.3 Å². The van der Waals surface area contributed by atoms with Gasteiger partial charge in [-0.1, -0.05) is 40.2 Å². The van der Waals surface area contributed by atoms with E-state index in [0.29, 0.717) is 33.6 Å². The molecule has 8 heteroatoms. The second-order valence-corrected chi connectivity index (χ2v) is 7.16. The fourth-order valence-electron chi connectivity index (χ4n) is 2.99. The van der Waals surface area contributed by atoms with Crippen LogP contribution in [0.1, 0.15) is 5.56 Å². The normalized spacial score (nSPS) is 10.8. The van der Waals surface area contributed by atoms with Crippen molar-refractivity contribution < 1.29 is 9.66 Å². The summed E-state index contributed by atoms with van der Waals surface area (Å²) in [5.74, 6) is 0.803. The summed E-state index contributed by atoms with van der Waals surface area (Å²) in [6.07, 6.45) is 0. The van der Waals surface area contributed by atoms with Gasteiger partial charge in [0.25, 0.3) is 11.2 Å². The van der Waals surface area contributed by atoms with Gasteiger partial charge in [-0.05, 0) is 36.4 Å². The van der Waals surface area contributed by atoms with Crippen molar-refractivity contribution in [2.75, 3.05) is 0 Å². The van der Waals surface area contributed by atoms with Crippen LogP contribution in [0.3, 0.4) is 0 Å². The lowest BCUT2D eigenvalue weighted by molar-refractivity contribution is -0.385. The Kier molecular flexibility index (Phi) is 5.09. The maximum absolute atomic E-state index is 12.4. The summed E-state index contributed by atoms with van der Waals surface area (Å²) in [4.78, 5) is 30.6. The lowest BCUT2D eigenvalue weighted by atomic mass is 10.1. The predicted octanol–water partition coefficient (Wildman–Crippen LogP) is 4.84. The third-order valence-electron chi connectivity index (χ3n) is 4.38. The molecule has 0 saturated carbocycles. The van der Waals surface area contributed by atoms with Crippen LogP contribution in [-0.2, 0) is 6.61 Å². The Hall–Kier alpha value is -3.52. The highest BCUT2D eigenvalue weighted by Gasteiger charge is 2.16. The molecule has 144 valence electrons. The number of halogens is 1. The van der Waals surface area contributed by atoms with Gasteiger partial charge in [0, 0.05) is 10.5 Å². The van der Waals surface area contributed by atoms with E-state index in [1.807, 2.05) is 6.07 Å². The van der Waals surface area contributed by atoms with Gasteiger partial charge < -0.3 is 9.72 Å². The molecule has 1 N–H and O–H groups in total. The molecule has 0 unspecified atom stereocenters. The van der Waals surface area contributed by atoms with Crippen molar-refractivity contribution in [2.24, 2.45) is 0 Å². The van der Waals surface area contributed by atoms with E-state index < -0.39 is 4.92 Å². The third-order valence-corrected chi connectivity index (χ3v) is 4.87. The van der Waals surface area contributed by atoms with Gasteiger partial charge in [-0.25, -0.2) is 4.98 Å². The van der Waals surface area contributed by atoms with E-state index in [9.17, 15) is 14.9 Å². The first-order valence-corrected chi connectivity index (χ1v) is 9.46. The van der Waals surface area contributed by atoms with Gasteiger partial charge >= 0.3 is 0 Å². The van der Waals surface area contributed by atoms with Crippen molar-refractivity contribution in [3.8, 4) is 17.1 Å². The van der Waals surface area contributed by atoms with E-state index in [0.717, 1.165) is 4.47 Å². The molecule has 0 aliphatic heterocycles. The van der Waals surface area contributed by atoms with E-state index in [1.54, 1.807) is 54.6 Å². The maximum Gasteiger partial charge on any atom is 0.276 e. The van der Waals surface area contributed by atoms with Gasteiger partial charge in [0.05, 0.1) is 27.0 Å². The van der Waals surface area contributed by atoms with Crippen molar-refractivity contribution in [1.82, 2.24) is 9.97 Å². The molecule has 0 aliphatic rings. The molecule has 4 aromatic rings. The van der Waals surface area contributed by atoms with Gasteiger partial charge in [-0.3, -0.25) is 14.9 Å². The van der Waals surface area contributed by atoms with Crippen molar-refractivity contribution in [3.63, 3.8) is 0 Å². The average Bonchev–Trinajstić information content (AvgIpc) is 2.73. The highest BCUT2D eigenvalue weighted by molar-refractivity contribution is 9.10. The molecule has 0 radical (unpaired) electrons. The first kappa shape index (κ1) is 18.8. The zero-order chi connectivity index (χ0) is 20.4. The number of hydrogen-bond acceptors (Lipinski definition) is 5. The Bertz CT molecular complexity index is 1290. The quantitative estimate of drug-likeness (QED) is 0.345. The zero-order valence-corrected chi connectivity index (χ0v) is 16.5. The molecule has 29 heavy (non-hydrogen) atoms. The number of nitrogens with zero attached hydrogens (tertiary/aromatic N) is 2. The first-order chi connectivity index (χ1) is 14.0. The largest absolute Gasteiger partial charge is 0.488 e. The molecule has 0 bridgehead atoms. The molecule has 0 saturated heterocycles. The summed E-state index contributed by atoms with van der Waals surface area (Å²) in [5, 5.41) is 11.7. The van der Waals surface area contributed by atoms with E-state index >= 15 is 0 Å². The van der Waals surface area contributed by atoms with Crippen LogP contribution in [0.2, 0.25) is 0 Å². The molecule has 4 rings (SSSR count). The van der Waals surface area contributed by atoms with Crippen LogP contribution in [0.25, 0.3) is 22.3 Å². The van der Waals surface area contributed by atoms with Crippen molar-refractivity contribution in [3.05, 3.63) is 97.2 Å². The zero-order valence-electron chi connectivity index (χ0n) is 15.0. The van der Waals surface area contributed by atoms with Gasteiger partial charge in [0.2, 0.25) is 0 Å². The van der Waals surface area contributed by atoms with Crippen molar-refractivity contribution >= 4 is 32.5 Å². The van der Waals surface area contributed by atoms with Crippen LogP contribution in [0.4, 0.5) is 5.69 Å². The Morgan fingerprint density at radius 1 is 1.07 bits per heavy atom. The number of nitro groups is 1. The molecular formula is C21H14BrN3O4. The lowest BCUT2D eigenvalue weighted by Crippen LogP contribution is -2.10. The maximum atomic E-state index is 12.4. The number of aromatic amines is 1. The Morgan fingerprint density at radius 2 is 1.83 bits per heavy atom. The number of aromatic nitrogens is 2. The smallest absolute Gasteiger partial charge is 0.276 e. The summed E-state index contributed by atoms with van der Waals surface area (Å²) in [6, 6.07) is 18.8. The number of fused-ring (bicyclic) bond motifs is 1. The van der Waals surface area contributed by atoms with Crippen molar-refractivity contribution in [2.45, 2.75) is 6.61 Å². The van der Waals surface area contributed by atoms with E-state index in [4.69, 9.17) is 4.74 Å². The molecule has 1 aromatic heterocycles. The molecule has 7 nitrogen and oxygen atoms in total. The van der Waals surface area contributed by atoms with E-state index in [-0.39, 0.29) is 17.9 Å². The molecule has 0 aliphatic carbocycles. The minimum atomic E-state index is -0.441. The number of benzene rings is 3. The number of nitrogens with one attached hydrogen (secondary N) is 1. The molecule has 0 atom stereocenters. The van der Waals surface area contributed by atoms with E-state index in [2.05, 4.69) is 25.9 Å². The fourth-order valence-corrected chi connectivity index (χ4v) is 3.35. The first-order valence-electron chi connectivity index (χ1n) is 8.67. The third kappa shape index (κ3) is 3.88. The Morgan fingerprint density at radius 3 is 2.66 bits per heavy atom. The summed E-state index contributed by atoms with van der Waals surface area (Å²) < 4.78 is 6.67. The number of nitro benzene ring substituents is 1. The van der Waals surface area contributed by atoms with E-state index in [1.165, 1.54) is 6.07 Å². The van der Waals surface area contributed by atoms with Crippen molar-refractivity contribution in [1.29, 1.82) is 0 Å². The summed E-state index contributed by atoms with van der Waals surface area (Å²) in [7, 11) is 0. The SMILES string of the molecule is O=c1[nH]c(-c2cc(Br)ccc2OCc2ccccc2[N+](=O)[O-])nc2ccccc12.